The van der Waals surface area contributed by atoms with Crippen LogP contribution in [0.4, 0.5) is 0 Å². The van der Waals surface area contributed by atoms with Gasteiger partial charge in [-0.1, -0.05) is 24.3 Å². The fourth-order valence-corrected chi connectivity index (χ4v) is 2.95. The van der Waals surface area contributed by atoms with E-state index in [1.165, 1.54) is 21.9 Å². The molecule has 2 aromatic rings. The monoisotopic (exact) mass is 299 g/mol. The van der Waals surface area contributed by atoms with Crippen LogP contribution in [0.1, 0.15) is 16.8 Å². The van der Waals surface area contributed by atoms with Crippen LogP contribution in [0.5, 0.6) is 0 Å². The number of nitrogens with zero attached hydrogens (tertiary/aromatic N) is 3. The van der Waals surface area contributed by atoms with Gasteiger partial charge in [-0.15, -0.1) is 0 Å². The maximum Gasteiger partial charge on any atom is 0.266 e. The van der Waals surface area contributed by atoms with Crippen molar-refractivity contribution in [2.24, 2.45) is 0 Å². The third kappa shape index (κ3) is 3.43. The predicted molar refractivity (Wildman–Crippen MR) is 84.7 cm³/mol. The highest BCUT2D eigenvalue weighted by Crippen LogP contribution is 2.18. The number of benzene rings is 1. The first-order valence-electron chi connectivity index (χ1n) is 7.64. The van der Waals surface area contributed by atoms with Crippen LogP contribution < -0.4 is 5.56 Å². The van der Waals surface area contributed by atoms with Crippen molar-refractivity contribution >= 4 is 0 Å². The maximum atomic E-state index is 11.7. The lowest BCUT2D eigenvalue weighted by molar-refractivity contribution is 0.0875. The number of β-amino-alcohol motifs (C(OH)–C–C–N with tert-alkyl or cyclic N) is 1. The van der Waals surface area contributed by atoms with Gasteiger partial charge in [0.25, 0.3) is 5.56 Å². The Kier molecular flexibility index (Phi) is 4.36. The first-order valence-corrected chi connectivity index (χ1v) is 7.64. The molecular formula is C17H21N3O2. The second-order valence-corrected chi connectivity index (χ2v) is 5.90. The molecule has 0 spiro atoms. The Hall–Kier alpha value is -1.98. The fourth-order valence-electron chi connectivity index (χ4n) is 2.95. The number of aliphatic hydroxyl groups excluding tert-OH is 1. The van der Waals surface area contributed by atoms with Gasteiger partial charge < -0.3 is 5.11 Å². The molecule has 1 N–H and O–H groups in total. The molecule has 0 aliphatic carbocycles. The van der Waals surface area contributed by atoms with Crippen molar-refractivity contribution in [3.8, 4) is 0 Å². The molecule has 0 bridgehead atoms. The summed E-state index contributed by atoms with van der Waals surface area (Å²) in [5.41, 5.74) is 3.32. The average molecular weight is 299 g/mol. The minimum atomic E-state index is -0.600. The van der Waals surface area contributed by atoms with E-state index in [2.05, 4.69) is 34.3 Å². The lowest BCUT2D eigenvalue weighted by Crippen LogP contribution is -2.40. The smallest absolute Gasteiger partial charge is 0.266 e. The van der Waals surface area contributed by atoms with E-state index in [1.54, 1.807) is 6.07 Å². The summed E-state index contributed by atoms with van der Waals surface area (Å²) >= 11 is 0. The molecular weight excluding hydrogens is 278 g/mol. The van der Waals surface area contributed by atoms with Gasteiger partial charge in [0.05, 0.1) is 18.3 Å². The first kappa shape index (κ1) is 14.9. The van der Waals surface area contributed by atoms with Crippen LogP contribution >= 0.6 is 0 Å². The summed E-state index contributed by atoms with van der Waals surface area (Å²) in [4.78, 5) is 14.0. The number of aliphatic hydroxyl groups is 1. The molecule has 116 valence electrons. The number of hydrogen-bond acceptors (Lipinski definition) is 4. The topological polar surface area (TPSA) is 58.4 Å². The van der Waals surface area contributed by atoms with Crippen molar-refractivity contribution in [1.29, 1.82) is 0 Å². The summed E-state index contributed by atoms with van der Waals surface area (Å²) < 4.78 is 1.35. The van der Waals surface area contributed by atoms with E-state index >= 15 is 0 Å². The Morgan fingerprint density at radius 1 is 1.18 bits per heavy atom. The minimum absolute atomic E-state index is 0.173. The molecule has 0 amide bonds. The molecule has 3 rings (SSSR count). The van der Waals surface area contributed by atoms with E-state index in [-0.39, 0.29) is 12.1 Å². The number of hydrogen-bond donors (Lipinski definition) is 1. The average Bonchev–Trinajstić information content (AvgIpc) is 2.51. The lowest BCUT2D eigenvalue weighted by atomic mass is 10.00. The molecule has 1 aromatic carbocycles. The molecule has 5 heteroatoms. The summed E-state index contributed by atoms with van der Waals surface area (Å²) in [7, 11) is 0. The summed E-state index contributed by atoms with van der Waals surface area (Å²) in [6, 6.07) is 11.6. The second kappa shape index (κ2) is 6.42. The summed E-state index contributed by atoms with van der Waals surface area (Å²) in [6.45, 7) is 4.41. The molecule has 1 atom stereocenters. The van der Waals surface area contributed by atoms with Crippen LogP contribution in [0.2, 0.25) is 0 Å². The molecule has 1 unspecified atom stereocenters. The number of aromatic nitrogens is 2. The van der Waals surface area contributed by atoms with Gasteiger partial charge in [0.15, 0.2) is 0 Å². The van der Waals surface area contributed by atoms with Crippen molar-refractivity contribution in [2.45, 2.75) is 32.5 Å². The second-order valence-electron chi connectivity index (χ2n) is 5.90. The zero-order valence-electron chi connectivity index (χ0n) is 12.8. The summed E-state index contributed by atoms with van der Waals surface area (Å²) in [5.74, 6) is 0. The molecule has 22 heavy (non-hydrogen) atoms. The van der Waals surface area contributed by atoms with Gasteiger partial charge in [-0.05, 0) is 30.5 Å². The highest BCUT2D eigenvalue weighted by molar-refractivity contribution is 5.29. The lowest BCUT2D eigenvalue weighted by Gasteiger charge is -2.30. The van der Waals surface area contributed by atoms with Crippen LogP contribution in [0.15, 0.2) is 41.2 Å². The normalized spacial score (nSPS) is 16.3. The SMILES string of the molecule is Cc1ccc(=O)n(CC(O)CN2CCc3ccccc3C2)n1. The van der Waals surface area contributed by atoms with Crippen molar-refractivity contribution in [3.05, 3.63) is 63.6 Å². The van der Waals surface area contributed by atoms with Gasteiger partial charge in [-0.2, -0.15) is 5.10 Å². The van der Waals surface area contributed by atoms with E-state index in [9.17, 15) is 9.90 Å². The first-order chi connectivity index (χ1) is 10.6. The van der Waals surface area contributed by atoms with Gasteiger partial charge in [0.2, 0.25) is 0 Å². The summed E-state index contributed by atoms with van der Waals surface area (Å²) in [5, 5.41) is 14.4. The van der Waals surface area contributed by atoms with Gasteiger partial charge in [-0.3, -0.25) is 9.69 Å². The van der Waals surface area contributed by atoms with Gasteiger partial charge in [-0.25, -0.2) is 4.68 Å². The van der Waals surface area contributed by atoms with Crippen molar-refractivity contribution in [1.82, 2.24) is 14.7 Å². The Balaban J connectivity index is 1.62. The molecule has 1 aliphatic rings. The van der Waals surface area contributed by atoms with Gasteiger partial charge >= 0.3 is 0 Å². The minimum Gasteiger partial charge on any atom is -0.390 e. The molecule has 0 saturated heterocycles. The zero-order valence-corrected chi connectivity index (χ0v) is 12.8. The maximum absolute atomic E-state index is 11.7. The Morgan fingerprint density at radius 2 is 1.95 bits per heavy atom. The molecule has 0 saturated carbocycles. The quantitative estimate of drug-likeness (QED) is 0.914. The third-order valence-corrected chi connectivity index (χ3v) is 4.06. The standard InChI is InChI=1S/C17H21N3O2/c1-13-6-7-17(22)20(18-13)12-16(21)11-19-9-8-14-4-2-3-5-15(14)10-19/h2-7,16,21H,8-12H2,1H3. The Morgan fingerprint density at radius 3 is 2.77 bits per heavy atom. The van der Waals surface area contributed by atoms with Crippen LogP contribution in [-0.4, -0.2) is 39.0 Å². The highest BCUT2D eigenvalue weighted by Gasteiger charge is 2.19. The largest absolute Gasteiger partial charge is 0.390 e. The number of aryl methyl sites for hydroxylation is 1. The van der Waals surface area contributed by atoms with Crippen LogP contribution in [0, 0.1) is 6.92 Å². The molecule has 1 aromatic heterocycles. The van der Waals surface area contributed by atoms with Crippen molar-refractivity contribution in [3.63, 3.8) is 0 Å². The van der Waals surface area contributed by atoms with Crippen LogP contribution in [-0.2, 0) is 19.5 Å². The number of fused-ring (bicyclic) bond motifs is 1. The molecule has 1 aliphatic heterocycles. The number of rotatable bonds is 4. The molecule has 0 radical (unpaired) electrons. The Labute approximate surface area is 129 Å². The van der Waals surface area contributed by atoms with Crippen LogP contribution in [0.25, 0.3) is 0 Å². The third-order valence-electron chi connectivity index (χ3n) is 4.06. The van der Waals surface area contributed by atoms with Gasteiger partial charge in [0, 0.05) is 25.7 Å². The molecule has 2 heterocycles. The Bertz CT molecular complexity index is 711. The predicted octanol–water partition coefficient (Wildman–Crippen LogP) is 0.971. The van der Waals surface area contributed by atoms with Crippen molar-refractivity contribution in [2.75, 3.05) is 13.1 Å². The van der Waals surface area contributed by atoms with Gasteiger partial charge in [0.1, 0.15) is 0 Å². The fraction of sp³-hybridized carbons (Fsp3) is 0.412. The van der Waals surface area contributed by atoms with E-state index in [0.29, 0.717) is 6.54 Å². The van der Waals surface area contributed by atoms with E-state index < -0.39 is 6.10 Å². The van der Waals surface area contributed by atoms with E-state index in [0.717, 1.165) is 25.2 Å². The van der Waals surface area contributed by atoms with Crippen molar-refractivity contribution < 1.29 is 5.11 Å². The van der Waals surface area contributed by atoms with Crippen LogP contribution in [0.3, 0.4) is 0 Å². The highest BCUT2D eigenvalue weighted by atomic mass is 16.3. The molecule has 5 nitrogen and oxygen atoms in total. The summed E-state index contributed by atoms with van der Waals surface area (Å²) in [6.07, 6.45) is 0.406. The zero-order chi connectivity index (χ0) is 15.5. The molecule has 0 fully saturated rings. The van der Waals surface area contributed by atoms with E-state index in [4.69, 9.17) is 0 Å². The van der Waals surface area contributed by atoms with E-state index in [1.807, 2.05) is 6.92 Å².